The number of carbonyl (C=O) groups is 2. The number of nitrogens with zero attached hydrogens (tertiary/aromatic N) is 3. The summed E-state index contributed by atoms with van der Waals surface area (Å²) in [6.45, 7) is 1.02. The van der Waals surface area contributed by atoms with Crippen molar-refractivity contribution in [1.82, 2.24) is 20.1 Å². The van der Waals surface area contributed by atoms with E-state index in [4.69, 9.17) is 24.8 Å². The minimum atomic E-state index is -0.790. The number of amides is 2. The fourth-order valence-electron chi connectivity index (χ4n) is 3.85. The average molecular weight is 510 g/mol. The zero-order valence-electron chi connectivity index (χ0n) is 21.4. The number of hydrogen-bond donors (Lipinski definition) is 3. The minimum Gasteiger partial charge on any atom is -0.480 e. The number of halogens is 1. The highest BCUT2D eigenvalue weighted by Crippen LogP contribution is 2.29. The first kappa shape index (κ1) is 22.5. The fourth-order valence-corrected chi connectivity index (χ4v) is 3.98. The molecule has 1 unspecified atom stereocenters. The Bertz CT molecular complexity index is 1480. The predicted molar refractivity (Wildman–Crippen MR) is 137 cm³/mol. The Kier molecular flexibility index (Phi) is 6.73. The summed E-state index contributed by atoms with van der Waals surface area (Å²) in [6, 6.07) is 13.6. The Labute approximate surface area is 215 Å². The smallest absolute Gasteiger partial charge is 0.269 e. The largest absolute Gasteiger partial charge is 0.480 e. The number of pyridine rings is 1. The van der Waals surface area contributed by atoms with Crippen LogP contribution in [0.15, 0.2) is 54.7 Å². The molecule has 9 nitrogen and oxygen atoms in total. The summed E-state index contributed by atoms with van der Waals surface area (Å²) in [5.41, 5.74) is 8.10. The second kappa shape index (κ2) is 10.8. The Morgan fingerprint density at radius 2 is 2.03 bits per heavy atom. The van der Waals surface area contributed by atoms with E-state index in [1.165, 1.54) is 10.9 Å². The van der Waals surface area contributed by atoms with Gasteiger partial charge in [-0.1, -0.05) is 29.8 Å². The molecule has 0 saturated carbocycles. The number of nitrogens with two attached hydrogens (primary N) is 1. The van der Waals surface area contributed by atoms with Gasteiger partial charge < -0.3 is 20.9 Å². The molecule has 0 spiro atoms. The van der Waals surface area contributed by atoms with E-state index >= 15 is 0 Å². The third kappa shape index (κ3) is 5.17. The summed E-state index contributed by atoms with van der Waals surface area (Å²) >= 11 is 5.89. The Morgan fingerprint density at radius 1 is 1.25 bits per heavy atom. The number of benzene rings is 2. The number of hydrogen-bond acceptors (Lipinski definition) is 6. The lowest BCUT2D eigenvalue weighted by Gasteiger charge is -2.13. The minimum absolute atomic E-state index is 0.00131. The summed E-state index contributed by atoms with van der Waals surface area (Å²) in [5, 5.41) is 18.4. The van der Waals surface area contributed by atoms with Crippen molar-refractivity contribution in [2.24, 2.45) is 5.73 Å². The Balaban J connectivity index is 1.59. The molecule has 186 valence electrons. The van der Waals surface area contributed by atoms with E-state index in [0.29, 0.717) is 32.6 Å². The van der Waals surface area contributed by atoms with Crippen molar-refractivity contribution in [1.29, 1.82) is 0 Å². The number of aromatic nitrogens is 3. The van der Waals surface area contributed by atoms with Crippen molar-refractivity contribution >= 4 is 34.3 Å². The molecular formula is C26H26ClN5O4. The molecule has 4 aromatic rings. The van der Waals surface area contributed by atoms with Gasteiger partial charge in [-0.15, -0.1) is 0 Å². The molecule has 2 amide bonds. The number of ether oxygens (including phenoxy) is 1. The molecule has 2 aromatic carbocycles. The van der Waals surface area contributed by atoms with Crippen LogP contribution in [0.5, 0.6) is 5.88 Å². The lowest BCUT2D eigenvalue weighted by Crippen LogP contribution is -2.26. The van der Waals surface area contributed by atoms with Crippen molar-refractivity contribution in [2.45, 2.75) is 26.0 Å². The maximum atomic E-state index is 13.0. The Hall–Kier alpha value is -3.95. The number of primary amides is 1. The van der Waals surface area contributed by atoms with Crippen LogP contribution in [-0.4, -0.2) is 45.3 Å². The van der Waals surface area contributed by atoms with Crippen molar-refractivity contribution in [2.75, 3.05) is 13.6 Å². The van der Waals surface area contributed by atoms with Crippen LogP contribution in [0, 0.1) is 0 Å². The first-order chi connectivity index (χ1) is 18.2. The highest BCUT2D eigenvalue weighted by Gasteiger charge is 2.18. The van der Waals surface area contributed by atoms with Crippen LogP contribution in [0.1, 0.15) is 48.6 Å². The standard InChI is InChI=1S/C26H26ClN5O4/c1-3-32-21-13-16(6-9-19(21)23(31-32)24(28)34)17-12-20(26(36-2)30-14-17)25(35)29-11-10-22(33)15-4-7-18(27)8-5-15/h4-9,12-14,22,33H,3,10-11H2,1-2H3,(H2,28,34)(H,29,35)/t22-/m1/s1/i2D,3D/t3?,22-. The van der Waals surface area contributed by atoms with Gasteiger partial charge in [0.2, 0.25) is 5.88 Å². The predicted octanol–water partition coefficient (Wildman–Crippen LogP) is 3.73. The monoisotopic (exact) mass is 509 g/mol. The molecule has 10 heteroatoms. The number of rotatable bonds is 9. The number of nitrogens with one attached hydrogen (secondary N) is 1. The lowest BCUT2D eigenvalue weighted by molar-refractivity contribution is 0.0937. The van der Waals surface area contributed by atoms with Crippen LogP contribution in [0.4, 0.5) is 0 Å². The summed E-state index contributed by atoms with van der Waals surface area (Å²) in [6.07, 6.45) is 0.985. The van der Waals surface area contributed by atoms with E-state index in [9.17, 15) is 14.7 Å². The molecule has 0 aliphatic carbocycles. The number of aliphatic hydroxyl groups is 1. The fraction of sp³-hybridized carbons (Fsp3) is 0.231. The SMILES string of the molecule is [2H]COc1ncc(-c2ccc3c(C(N)=O)nn(C([2H])C)c3c2)cc1C(=O)NCC[C@@H](O)c1ccc(Cl)cc1. The number of aliphatic hydroxyl groups excluding tert-OH is 1. The van der Waals surface area contributed by atoms with Gasteiger partial charge in [0.05, 0.1) is 21.4 Å². The molecule has 0 fully saturated rings. The second-order valence-corrected chi connectivity index (χ2v) is 8.42. The van der Waals surface area contributed by atoms with Gasteiger partial charge in [0.15, 0.2) is 5.69 Å². The van der Waals surface area contributed by atoms with Gasteiger partial charge in [-0.25, -0.2) is 4.98 Å². The van der Waals surface area contributed by atoms with Gasteiger partial charge in [-0.3, -0.25) is 14.3 Å². The normalized spacial score (nSPS) is 13.5. The highest BCUT2D eigenvalue weighted by atomic mass is 35.5. The topological polar surface area (TPSA) is 132 Å². The second-order valence-electron chi connectivity index (χ2n) is 7.98. The number of fused-ring (bicyclic) bond motifs is 1. The average Bonchev–Trinajstić information content (AvgIpc) is 3.29. The van der Waals surface area contributed by atoms with Crippen molar-refractivity contribution in [3.8, 4) is 17.0 Å². The summed E-state index contributed by atoms with van der Waals surface area (Å²) in [7, 11) is -0.426. The molecule has 4 rings (SSSR count). The van der Waals surface area contributed by atoms with Gasteiger partial charge in [-0.05, 0) is 54.8 Å². The summed E-state index contributed by atoms with van der Waals surface area (Å²) in [5.74, 6) is -1.17. The van der Waals surface area contributed by atoms with Crippen LogP contribution in [0.3, 0.4) is 0 Å². The van der Waals surface area contributed by atoms with E-state index in [2.05, 4.69) is 15.4 Å². The van der Waals surface area contributed by atoms with Gasteiger partial charge in [0.1, 0.15) is 5.56 Å². The van der Waals surface area contributed by atoms with Gasteiger partial charge in [0.25, 0.3) is 11.8 Å². The molecule has 0 aliphatic rings. The van der Waals surface area contributed by atoms with Gasteiger partial charge in [0, 0.05) is 35.2 Å². The third-order valence-corrected chi connectivity index (χ3v) is 5.96. The van der Waals surface area contributed by atoms with Crippen LogP contribution in [-0.2, 0) is 6.52 Å². The van der Waals surface area contributed by atoms with Crippen LogP contribution >= 0.6 is 11.6 Å². The quantitative estimate of drug-likeness (QED) is 0.315. The molecule has 0 radical (unpaired) electrons. The third-order valence-electron chi connectivity index (χ3n) is 5.71. The molecular weight excluding hydrogens is 482 g/mol. The molecule has 4 N–H and O–H groups in total. The highest BCUT2D eigenvalue weighted by molar-refractivity contribution is 6.30. The van der Waals surface area contributed by atoms with E-state index in [1.54, 1.807) is 55.5 Å². The Morgan fingerprint density at radius 3 is 2.72 bits per heavy atom. The lowest BCUT2D eigenvalue weighted by atomic mass is 10.0. The molecule has 2 atom stereocenters. The molecule has 36 heavy (non-hydrogen) atoms. The van der Waals surface area contributed by atoms with Crippen molar-refractivity contribution < 1.29 is 22.2 Å². The zero-order valence-corrected chi connectivity index (χ0v) is 20.2. The number of carbonyl (C=O) groups excluding carboxylic acids is 2. The van der Waals surface area contributed by atoms with Crippen LogP contribution in [0.2, 0.25) is 5.02 Å². The molecule has 0 saturated heterocycles. The number of aryl methyl sites for hydroxylation is 1. The molecule has 2 heterocycles. The van der Waals surface area contributed by atoms with Crippen LogP contribution in [0.25, 0.3) is 22.0 Å². The zero-order chi connectivity index (χ0) is 27.4. The van der Waals surface area contributed by atoms with Crippen LogP contribution < -0.4 is 15.8 Å². The number of methoxy groups -OCH3 is 1. The van der Waals surface area contributed by atoms with Crippen molar-refractivity contribution in [3.05, 3.63) is 76.6 Å². The van der Waals surface area contributed by atoms with E-state index in [-0.39, 0.29) is 30.1 Å². The molecule has 2 aromatic heterocycles. The molecule has 0 aliphatic heterocycles. The first-order valence-electron chi connectivity index (χ1n) is 12.4. The van der Waals surface area contributed by atoms with Crippen molar-refractivity contribution in [3.63, 3.8) is 0 Å². The van der Waals surface area contributed by atoms with Gasteiger partial charge >= 0.3 is 0 Å². The summed E-state index contributed by atoms with van der Waals surface area (Å²) < 4.78 is 22.1. The van der Waals surface area contributed by atoms with E-state index in [0.717, 1.165) is 0 Å². The first-order valence-corrected chi connectivity index (χ1v) is 11.5. The maximum Gasteiger partial charge on any atom is 0.269 e. The summed E-state index contributed by atoms with van der Waals surface area (Å²) in [4.78, 5) is 29.1. The molecule has 0 bridgehead atoms. The maximum absolute atomic E-state index is 13.0. The van der Waals surface area contributed by atoms with E-state index < -0.39 is 31.5 Å². The van der Waals surface area contributed by atoms with E-state index in [1.807, 2.05) is 0 Å². The van der Waals surface area contributed by atoms with Gasteiger partial charge in [-0.2, -0.15) is 5.10 Å².